The van der Waals surface area contributed by atoms with E-state index in [1.807, 2.05) is 48.5 Å². The number of rotatable bonds is 7. The highest BCUT2D eigenvalue weighted by Gasteiger charge is 2.06. The average molecular weight is 318 g/mol. The number of carbonyl (C=O) groups is 1. The van der Waals surface area contributed by atoms with Crippen LogP contribution in [-0.2, 0) is 11.2 Å². The molecule has 2 rings (SSSR count). The van der Waals surface area contributed by atoms with E-state index in [1.54, 1.807) is 0 Å². The molecule has 0 saturated heterocycles. The van der Waals surface area contributed by atoms with Gasteiger partial charge in [-0.1, -0.05) is 42.8 Å². The van der Waals surface area contributed by atoms with Crippen LogP contribution in [0.5, 0.6) is 5.75 Å². The number of carbonyl (C=O) groups excluding carboxylic acids is 1. The van der Waals surface area contributed by atoms with E-state index in [4.69, 9.17) is 16.3 Å². The molecule has 116 valence electrons. The predicted molar refractivity (Wildman–Crippen MR) is 90.6 cm³/mol. The van der Waals surface area contributed by atoms with Gasteiger partial charge in [-0.15, -0.1) is 0 Å². The SMILES string of the molecule is CCCOc1cccc(NC(=O)CCc2ccccc2Cl)c1. The summed E-state index contributed by atoms with van der Waals surface area (Å²) in [5.74, 6) is 0.735. The zero-order valence-electron chi connectivity index (χ0n) is 12.6. The molecule has 0 bridgehead atoms. The lowest BCUT2D eigenvalue weighted by molar-refractivity contribution is -0.116. The van der Waals surface area contributed by atoms with Crippen molar-refractivity contribution >= 4 is 23.2 Å². The first-order chi connectivity index (χ1) is 10.7. The average Bonchev–Trinajstić information content (AvgIpc) is 2.52. The summed E-state index contributed by atoms with van der Waals surface area (Å²) < 4.78 is 5.55. The lowest BCUT2D eigenvalue weighted by Crippen LogP contribution is -2.12. The molecule has 3 nitrogen and oxygen atoms in total. The maximum atomic E-state index is 12.0. The third-order valence-electron chi connectivity index (χ3n) is 3.17. The molecule has 0 unspecified atom stereocenters. The van der Waals surface area contributed by atoms with Crippen molar-refractivity contribution in [2.45, 2.75) is 26.2 Å². The molecular formula is C18H20ClNO2. The fourth-order valence-corrected chi connectivity index (χ4v) is 2.29. The lowest BCUT2D eigenvalue weighted by atomic mass is 10.1. The topological polar surface area (TPSA) is 38.3 Å². The van der Waals surface area contributed by atoms with E-state index in [1.165, 1.54) is 0 Å². The molecule has 0 atom stereocenters. The third-order valence-corrected chi connectivity index (χ3v) is 3.54. The molecule has 0 fully saturated rings. The minimum Gasteiger partial charge on any atom is -0.494 e. The molecule has 0 spiro atoms. The van der Waals surface area contributed by atoms with Gasteiger partial charge in [0.1, 0.15) is 5.75 Å². The molecule has 2 aromatic rings. The first-order valence-corrected chi connectivity index (χ1v) is 7.83. The maximum Gasteiger partial charge on any atom is 0.224 e. The highest BCUT2D eigenvalue weighted by Crippen LogP contribution is 2.19. The summed E-state index contributed by atoms with van der Waals surface area (Å²) in [5.41, 5.74) is 1.73. The van der Waals surface area contributed by atoms with Crippen molar-refractivity contribution in [2.75, 3.05) is 11.9 Å². The van der Waals surface area contributed by atoms with Crippen LogP contribution in [0.2, 0.25) is 5.02 Å². The van der Waals surface area contributed by atoms with E-state index >= 15 is 0 Å². The Balaban J connectivity index is 1.88. The van der Waals surface area contributed by atoms with E-state index in [0.29, 0.717) is 24.5 Å². The standard InChI is InChI=1S/C18H20ClNO2/c1-2-12-22-16-8-5-7-15(13-16)20-18(21)11-10-14-6-3-4-9-17(14)19/h3-9,13H,2,10-12H2,1H3,(H,20,21). The number of halogens is 1. The first-order valence-electron chi connectivity index (χ1n) is 7.45. The van der Waals surface area contributed by atoms with Gasteiger partial charge in [0.2, 0.25) is 5.91 Å². The van der Waals surface area contributed by atoms with E-state index in [-0.39, 0.29) is 5.91 Å². The number of hydrogen-bond donors (Lipinski definition) is 1. The van der Waals surface area contributed by atoms with Crippen molar-refractivity contribution < 1.29 is 9.53 Å². The summed E-state index contributed by atoms with van der Waals surface area (Å²) in [4.78, 5) is 12.0. The first kappa shape index (κ1) is 16.4. The molecule has 4 heteroatoms. The highest BCUT2D eigenvalue weighted by atomic mass is 35.5. The molecule has 1 amide bonds. The van der Waals surface area contributed by atoms with Crippen molar-refractivity contribution in [3.05, 3.63) is 59.1 Å². The van der Waals surface area contributed by atoms with E-state index in [2.05, 4.69) is 12.2 Å². The van der Waals surface area contributed by atoms with Crippen molar-refractivity contribution in [1.29, 1.82) is 0 Å². The Morgan fingerprint density at radius 3 is 2.77 bits per heavy atom. The van der Waals surface area contributed by atoms with Gasteiger partial charge in [-0.2, -0.15) is 0 Å². The Labute approximate surface area is 136 Å². The van der Waals surface area contributed by atoms with Gasteiger partial charge in [-0.25, -0.2) is 0 Å². The predicted octanol–water partition coefficient (Wildman–Crippen LogP) is 4.70. The second kappa shape index (κ2) is 8.44. The van der Waals surface area contributed by atoms with Crippen LogP contribution in [-0.4, -0.2) is 12.5 Å². The molecule has 0 radical (unpaired) electrons. The Bertz CT molecular complexity index is 628. The molecule has 0 heterocycles. The quantitative estimate of drug-likeness (QED) is 0.803. The second-order valence-electron chi connectivity index (χ2n) is 5.02. The monoisotopic (exact) mass is 317 g/mol. The molecule has 0 aliphatic heterocycles. The van der Waals surface area contributed by atoms with Crippen LogP contribution in [0, 0.1) is 0 Å². The summed E-state index contributed by atoms with van der Waals surface area (Å²) in [6.07, 6.45) is 1.97. The summed E-state index contributed by atoms with van der Waals surface area (Å²) in [5, 5.41) is 3.59. The summed E-state index contributed by atoms with van der Waals surface area (Å²) in [6.45, 7) is 2.73. The lowest BCUT2D eigenvalue weighted by Gasteiger charge is -2.09. The van der Waals surface area contributed by atoms with Crippen LogP contribution < -0.4 is 10.1 Å². The van der Waals surface area contributed by atoms with Crippen molar-refractivity contribution in [3.8, 4) is 5.75 Å². The van der Waals surface area contributed by atoms with Crippen LogP contribution in [0.1, 0.15) is 25.3 Å². The van der Waals surface area contributed by atoms with Gasteiger partial charge in [0, 0.05) is 23.2 Å². The van der Waals surface area contributed by atoms with Gasteiger partial charge in [0.05, 0.1) is 6.61 Å². The Hall–Kier alpha value is -2.00. The molecule has 0 saturated carbocycles. The summed E-state index contributed by atoms with van der Waals surface area (Å²) in [6, 6.07) is 15.0. The number of hydrogen-bond acceptors (Lipinski definition) is 2. The fourth-order valence-electron chi connectivity index (χ4n) is 2.06. The zero-order chi connectivity index (χ0) is 15.8. The Kier molecular flexibility index (Phi) is 6.28. The van der Waals surface area contributed by atoms with E-state index in [9.17, 15) is 4.79 Å². The van der Waals surface area contributed by atoms with Gasteiger partial charge >= 0.3 is 0 Å². The number of amides is 1. The molecule has 0 aliphatic rings. The number of ether oxygens (including phenoxy) is 1. The Morgan fingerprint density at radius 1 is 1.18 bits per heavy atom. The minimum atomic E-state index is -0.0347. The number of anilines is 1. The zero-order valence-corrected chi connectivity index (χ0v) is 13.4. The molecule has 22 heavy (non-hydrogen) atoms. The third kappa shape index (κ3) is 5.08. The van der Waals surface area contributed by atoms with Gasteiger partial charge in [-0.05, 0) is 36.6 Å². The van der Waals surface area contributed by atoms with Gasteiger partial charge in [-0.3, -0.25) is 4.79 Å². The molecule has 0 aliphatic carbocycles. The molecule has 1 N–H and O–H groups in total. The normalized spacial score (nSPS) is 10.3. The van der Waals surface area contributed by atoms with Crippen molar-refractivity contribution in [2.24, 2.45) is 0 Å². The van der Waals surface area contributed by atoms with E-state index in [0.717, 1.165) is 23.4 Å². The van der Waals surface area contributed by atoms with Crippen LogP contribution in [0.4, 0.5) is 5.69 Å². The second-order valence-corrected chi connectivity index (χ2v) is 5.42. The number of benzene rings is 2. The van der Waals surface area contributed by atoms with Crippen LogP contribution >= 0.6 is 11.6 Å². The van der Waals surface area contributed by atoms with Gasteiger partial charge in [0.15, 0.2) is 0 Å². The van der Waals surface area contributed by atoms with Gasteiger partial charge < -0.3 is 10.1 Å². The van der Waals surface area contributed by atoms with E-state index < -0.39 is 0 Å². The Morgan fingerprint density at radius 2 is 2.00 bits per heavy atom. The fraction of sp³-hybridized carbons (Fsp3) is 0.278. The largest absolute Gasteiger partial charge is 0.494 e. The van der Waals surface area contributed by atoms with Crippen LogP contribution in [0.3, 0.4) is 0 Å². The summed E-state index contributed by atoms with van der Waals surface area (Å²) in [7, 11) is 0. The molecule has 2 aromatic carbocycles. The molecular weight excluding hydrogens is 298 g/mol. The minimum absolute atomic E-state index is 0.0347. The molecule has 0 aromatic heterocycles. The van der Waals surface area contributed by atoms with Crippen molar-refractivity contribution in [3.63, 3.8) is 0 Å². The van der Waals surface area contributed by atoms with Gasteiger partial charge in [0.25, 0.3) is 0 Å². The number of aryl methyl sites for hydroxylation is 1. The highest BCUT2D eigenvalue weighted by molar-refractivity contribution is 6.31. The van der Waals surface area contributed by atoms with Crippen molar-refractivity contribution in [1.82, 2.24) is 0 Å². The smallest absolute Gasteiger partial charge is 0.224 e. The summed E-state index contributed by atoms with van der Waals surface area (Å²) >= 11 is 6.09. The maximum absolute atomic E-state index is 12.0. The number of nitrogens with one attached hydrogen (secondary N) is 1. The van der Waals surface area contributed by atoms with Crippen LogP contribution in [0.25, 0.3) is 0 Å². The van der Waals surface area contributed by atoms with Crippen LogP contribution in [0.15, 0.2) is 48.5 Å².